The number of hydrogen-bond acceptors (Lipinski definition) is 5. The van der Waals surface area contributed by atoms with Gasteiger partial charge in [-0.15, -0.1) is 0 Å². The zero-order valence-electron chi connectivity index (χ0n) is 9.23. The average molecular weight is 279 g/mol. The van der Waals surface area contributed by atoms with Crippen molar-refractivity contribution in [3.05, 3.63) is 33.9 Å². The van der Waals surface area contributed by atoms with Crippen molar-refractivity contribution < 1.29 is 27.6 Å². The first-order valence-electron chi connectivity index (χ1n) is 4.73. The van der Waals surface area contributed by atoms with Crippen LogP contribution >= 0.6 is 0 Å². The minimum absolute atomic E-state index is 0.329. The number of benzene rings is 1. The Hall–Kier alpha value is -2.36. The maximum absolute atomic E-state index is 12.4. The van der Waals surface area contributed by atoms with Crippen LogP contribution in [0.3, 0.4) is 0 Å². The van der Waals surface area contributed by atoms with E-state index in [0.29, 0.717) is 12.1 Å². The summed E-state index contributed by atoms with van der Waals surface area (Å²) in [6.45, 7) is -0.650. The Morgan fingerprint density at radius 2 is 2.11 bits per heavy atom. The maximum atomic E-state index is 12.4. The molecule has 0 saturated heterocycles. The Kier molecular flexibility index (Phi) is 4.27. The predicted molar refractivity (Wildman–Crippen MR) is 55.9 cm³/mol. The Balaban J connectivity index is 3.05. The second-order valence-electron chi connectivity index (χ2n) is 3.29. The van der Waals surface area contributed by atoms with Gasteiger partial charge in [0.05, 0.1) is 10.5 Å². The van der Waals surface area contributed by atoms with Gasteiger partial charge in [-0.1, -0.05) is 0 Å². The van der Waals surface area contributed by atoms with Crippen molar-refractivity contribution in [3.63, 3.8) is 0 Å². The summed E-state index contributed by atoms with van der Waals surface area (Å²) in [5.74, 6) is 3.51. The van der Waals surface area contributed by atoms with Crippen LogP contribution in [0.2, 0.25) is 0 Å². The van der Waals surface area contributed by atoms with E-state index in [4.69, 9.17) is 10.6 Å². The van der Waals surface area contributed by atoms with E-state index in [2.05, 4.69) is 0 Å². The van der Waals surface area contributed by atoms with E-state index in [1.807, 2.05) is 0 Å². The summed E-state index contributed by atoms with van der Waals surface area (Å²) in [5.41, 5.74) is -0.369. The lowest BCUT2D eigenvalue weighted by molar-refractivity contribution is -0.386. The minimum atomic E-state index is -4.71. The number of nitrogens with one attached hydrogen (secondary N) is 1. The Bertz CT molecular complexity index is 504. The Labute approximate surface area is 104 Å². The van der Waals surface area contributed by atoms with Gasteiger partial charge in [0.15, 0.2) is 12.4 Å². The summed E-state index contributed by atoms with van der Waals surface area (Å²) in [5, 5.41) is 10.6. The van der Waals surface area contributed by atoms with Crippen LogP contribution in [0.5, 0.6) is 5.75 Å². The first-order valence-corrected chi connectivity index (χ1v) is 4.73. The molecule has 0 aromatic heterocycles. The van der Waals surface area contributed by atoms with Crippen LogP contribution in [0.1, 0.15) is 5.56 Å². The van der Waals surface area contributed by atoms with Gasteiger partial charge in [-0.2, -0.15) is 13.2 Å². The van der Waals surface area contributed by atoms with Gasteiger partial charge in [0.25, 0.3) is 5.91 Å². The van der Waals surface area contributed by atoms with Crippen LogP contribution in [0.25, 0.3) is 0 Å². The van der Waals surface area contributed by atoms with E-state index in [-0.39, 0.29) is 0 Å². The van der Waals surface area contributed by atoms with Gasteiger partial charge in [-0.25, -0.2) is 5.84 Å². The van der Waals surface area contributed by atoms with Crippen molar-refractivity contribution in [2.45, 2.75) is 6.18 Å². The lowest BCUT2D eigenvalue weighted by Crippen LogP contribution is -2.34. The molecule has 0 spiro atoms. The lowest BCUT2D eigenvalue weighted by Gasteiger charge is -2.09. The van der Waals surface area contributed by atoms with Gasteiger partial charge in [-0.3, -0.25) is 20.3 Å². The number of carbonyl (C=O) groups is 1. The normalized spacial score (nSPS) is 10.9. The number of halogens is 3. The van der Waals surface area contributed by atoms with E-state index in [9.17, 15) is 28.1 Å². The first-order chi connectivity index (χ1) is 8.75. The monoisotopic (exact) mass is 279 g/mol. The molecular formula is C9H8F3N3O4. The standard InChI is InChI=1S/C9H8F3N3O4/c10-9(11,12)5-1-2-7(6(3-5)15(17)18)19-4-8(16)14-13/h1-3H,4,13H2,(H,14,16). The molecule has 0 aliphatic carbocycles. The number of nitrogens with two attached hydrogens (primary N) is 1. The molecule has 10 heteroatoms. The molecule has 3 N–H and O–H groups in total. The van der Waals surface area contributed by atoms with Crippen LogP contribution in [-0.2, 0) is 11.0 Å². The van der Waals surface area contributed by atoms with Gasteiger partial charge >= 0.3 is 11.9 Å². The third kappa shape index (κ3) is 3.81. The van der Waals surface area contributed by atoms with Crippen molar-refractivity contribution in [1.82, 2.24) is 5.43 Å². The molecular weight excluding hydrogens is 271 g/mol. The molecule has 1 amide bonds. The molecule has 0 aliphatic rings. The van der Waals surface area contributed by atoms with Crippen LogP contribution in [0.15, 0.2) is 18.2 Å². The number of hydrazine groups is 1. The molecule has 0 bridgehead atoms. The smallest absolute Gasteiger partial charge is 0.416 e. The fourth-order valence-corrected chi connectivity index (χ4v) is 1.14. The Morgan fingerprint density at radius 1 is 1.47 bits per heavy atom. The van der Waals surface area contributed by atoms with E-state index in [1.54, 1.807) is 5.43 Å². The highest BCUT2D eigenvalue weighted by Crippen LogP contribution is 2.35. The maximum Gasteiger partial charge on any atom is 0.416 e. The second-order valence-corrected chi connectivity index (χ2v) is 3.29. The predicted octanol–water partition coefficient (Wildman–Crippen LogP) is 0.982. The number of nitrogens with zero attached hydrogens (tertiary/aromatic N) is 1. The van der Waals surface area contributed by atoms with E-state index in [0.717, 1.165) is 6.07 Å². The highest BCUT2D eigenvalue weighted by atomic mass is 19.4. The summed E-state index contributed by atoms with van der Waals surface area (Å²) < 4.78 is 41.9. The topological polar surface area (TPSA) is 107 Å². The van der Waals surface area contributed by atoms with Gasteiger partial charge < -0.3 is 4.74 Å². The number of rotatable bonds is 4. The number of ether oxygens (including phenoxy) is 1. The van der Waals surface area contributed by atoms with Gasteiger partial charge in [0.2, 0.25) is 0 Å². The summed E-state index contributed by atoms with van der Waals surface area (Å²) in [7, 11) is 0. The highest BCUT2D eigenvalue weighted by Gasteiger charge is 2.33. The molecule has 7 nitrogen and oxygen atoms in total. The quantitative estimate of drug-likeness (QED) is 0.370. The lowest BCUT2D eigenvalue weighted by atomic mass is 10.2. The number of carbonyl (C=O) groups excluding carboxylic acids is 1. The molecule has 0 saturated carbocycles. The SMILES string of the molecule is NNC(=O)COc1ccc(C(F)(F)F)cc1[N+](=O)[O-]. The number of amides is 1. The molecule has 0 fully saturated rings. The van der Waals surface area contributed by atoms with Gasteiger partial charge in [0.1, 0.15) is 0 Å². The molecule has 0 heterocycles. The molecule has 19 heavy (non-hydrogen) atoms. The molecule has 1 aromatic carbocycles. The zero-order valence-corrected chi connectivity index (χ0v) is 9.23. The van der Waals surface area contributed by atoms with Crippen molar-refractivity contribution in [2.24, 2.45) is 5.84 Å². The number of hydrogen-bond donors (Lipinski definition) is 2. The van der Waals surface area contributed by atoms with Crippen LogP contribution < -0.4 is 16.0 Å². The van der Waals surface area contributed by atoms with E-state index < -0.39 is 40.6 Å². The van der Waals surface area contributed by atoms with Crippen molar-refractivity contribution in [1.29, 1.82) is 0 Å². The average Bonchev–Trinajstić information content (AvgIpc) is 2.34. The van der Waals surface area contributed by atoms with Crippen LogP contribution in [-0.4, -0.2) is 17.4 Å². The largest absolute Gasteiger partial charge is 0.477 e. The van der Waals surface area contributed by atoms with E-state index >= 15 is 0 Å². The van der Waals surface area contributed by atoms with Crippen molar-refractivity contribution in [2.75, 3.05) is 6.61 Å². The number of alkyl halides is 3. The fraction of sp³-hybridized carbons (Fsp3) is 0.222. The van der Waals surface area contributed by atoms with Crippen LogP contribution in [0, 0.1) is 10.1 Å². The Morgan fingerprint density at radius 3 is 2.58 bits per heavy atom. The molecule has 0 radical (unpaired) electrons. The zero-order chi connectivity index (χ0) is 14.6. The van der Waals surface area contributed by atoms with Crippen molar-refractivity contribution >= 4 is 11.6 Å². The third-order valence-electron chi connectivity index (χ3n) is 2.00. The van der Waals surface area contributed by atoms with Gasteiger partial charge in [0, 0.05) is 6.07 Å². The van der Waals surface area contributed by atoms with E-state index in [1.165, 1.54) is 0 Å². The molecule has 1 rings (SSSR count). The van der Waals surface area contributed by atoms with Crippen molar-refractivity contribution in [3.8, 4) is 5.75 Å². The summed E-state index contributed by atoms with van der Waals surface area (Å²) >= 11 is 0. The third-order valence-corrected chi connectivity index (χ3v) is 2.00. The number of nitro groups is 1. The summed E-state index contributed by atoms with van der Waals surface area (Å²) in [4.78, 5) is 20.4. The highest BCUT2D eigenvalue weighted by molar-refractivity contribution is 5.76. The second kappa shape index (κ2) is 5.52. The fourth-order valence-electron chi connectivity index (χ4n) is 1.14. The molecule has 0 atom stereocenters. The molecule has 0 unspecified atom stereocenters. The number of nitro benzene ring substituents is 1. The summed E-state index contributed by atoms with van der Waals surface area (Å²) in [6.07, 6.45) is -4.71. The summed E-state index contributed by atoms with van der Waals surface area (Å²) in [6, 6.07) is 1.71. The molecule has 1 aromatic rings. The molecule has 0 aliphatic heterocycles. The first kappa shape index (κ1) is 14.7. The van der Waals surface area contributed by atoms with Gasteiger partial charge in [-0.05, 0) is 12.1 Å². The van der Waals surface area contributed by atoms with Crippen LogP contribution in [0.4, 0.5) is 18.9 Å². The minimum Gasteiger partial charge on any atom is -0.477 e. The molecule has 104 valence electrons.